The molecule has 0 aromatic carbocycles. The maximum absolute atomic E-state index is 6.71. The molecule has 1 radical (unpaired) electrons. The third kappa shape index (κ3) is 5.52. The van der Waals surface area contributed by atoms with E-state index in [-0.39, 0.29) is 0 Å². The lowest BCUT2D eigenvalue weighted by Crippen LogP contribution is -1.82. The Kier molecular flexibility index (Phi) is 5.14. The minimum absolute atomic E-state index is 0.516. The third-order valence-corrected chi connectivity index (χ3v) is 0.748. The summed E-state index contributed by atoms with van der Waals surface area (Å²) in [4.78, 5) is 0. The standard InChI is InChI=1S/C6H10N/c1-2-3-4-5-6-7/h1,7H,3-6H2. The van der Waals surface area contributed by atoms with Gasteiger partial charge in [0.1, 0.15) is 0 Å². The van der Waals surface area contributed by atoms with Crippen LogP contribution in [0.3, 0.4) is 0 Å². The van der Waals surface area contributed by atoms with E-state index in [2.05, 4.69) is 5.92 Å². The third-order valence-electron chi connectivity index (χ3n) is 0.748. The first kappa shape index (κ1) is 6.52. The molecular formula is C6H10N. The van der Waals surface area contributed by atoms with E-state index >= 15 is 0 Å². The summed E-state index contributed by atoms with van der Waals surface area (Å²) >= 11 is 0. The van der Waals surface area contributed by atoms with Crippen molar-refractivity contribution in [3.05, 3.63) is 0 Å². The summed E-state index contributed by atoms with van der Waals surface area (Å²) in [5, 5.41) is 0. The number of hydrogen-bond acceptors (Lipinski definition) is 0. The second kappa shape index (κ2) is 5.52. The van der Waals surface area contributed by atoms with Crippen molar-refractivity contribution in [3.8, 4) is 12.3 Å². The quantitative estimate of drug-likeness (QED) is 0.371. The van der Waals surface area contributed by atoms with Crippen molar-refractivity contribution in [1.82, 2.24) is 5.73 Å². The molecule has 0 saturated carbocycles. The highest BCUT2D eigenvalue weighted by Gasteiger charge is 1.78. The zero-order valence-corrected chi connectivity index (χ0v) is 4.41. The van der Waals surface area contributed by atoms with Gasteiger partial charge in [0, 0.05) is 13.0 Å². The molecule has 39 valence electrons. The number of rotatable bonds is 3. The molecule has 0 atom stereocenters. The average Bonchev–Trinajstić information content (AvgIpc) is 1.69. The molecule has 0 aromatic heterocycles. The van der Waals surface area contributed by atoms with E-state index in [1.165, 1.54) is 0 Å². The second-order valence-electron chi connectivity index (χ2n) is 1.41. The van der Waals surface area contributed by atoms with E-state index in [0.717, 1.165) is 19.3 Å². The van der Waals surface area contributed by atoms with Crippen LogP contribution in [-0.4, -0.2) is 6.54 Å². The Morgan fingerprint density at radius 3 is 2.57 bits per heavy atom. The molecule has 0 unspecified atom stereocenters. The zero-order valence-electron chi connectivity index (χ0n) is 4.41. The molecule has 1 nitrogen and oxygen atoms in total. The van der Waals surface area contributed by atoms with Crippen molar-refractivity contribution in [2.45, 2.75) is 19.3 Å². The Morgan fingerprint density at radius 2 is 2.14 bits per heavy atom. The molecule has 0 fully saturated rings. The normalized spacial score (nSPS) is 8.00. The average molecular weight is 96.2 g/mol. The van der Waals surface area contributed by atoms with Gasteiger partial charge in [-0.1, -0.05) is 0 Å². The number of nitrogens with one attached hydrogen (secondary N) is 1. The number of hydrogen-bond donors (Lipinski definition) is 0. The highest BCUT2D eigenvalue weighted by Crippen LogP contribution is 1.89. The van der Waals surface area contributed by atoms with Crippen molar-refractivity contribution in [3.63, 3.8) is 0 Å². The summed E-state index contributed by atoms with van der Waals surface area (Å²) in [6.07, 6.45) is 7.75. The van der Waals surface area contributed by atoms with E-state index in [9.17, 15) is 0 Å². The molecule has 0 spiro atoms. The summed E-state index contributed by atoms with van der Waals surface area (Å²) < 4.78 is 0. The fourth-order valence-corrected chi connectivity index (χ4v) is 0.352. The van der Waals surface area contributed by atoms with Crippen LogP contribution in [0.15, 0.2) is 0 Å². The van der Waals surface area contributed by atoms with Crippen molar-refractivity contribution in [2.75, 3.05) is 6.54 Å². The monoisotopic (exact) mass is 96.1 g/mol. The van der Waals surface area contributed by atoms with Gasteiger partial charge >= 0.3 is 0 Å². The highest BCUT2D eigenvalue weighted by molar-refractivity contribution is 4.82. The van der Waals surface area contributed by atoms with Gasteiger partial charge in [0.05, 0.1) is 0 Å². The summed E-state index contributed by atoms with van der Waals surface area (Å²) in [6.45, 7) is 0.516. The lowest BCUT2D eigenvalue weighted by atomic mass is 10.2. The summed E-state index contributed by atoms with van der Waals surface area (Å²) in [5.74, 6) is 2.52. The summed E-state index contributed by atoms with van der Waals surface area (Å²) in [5.41, 5.74) is 6.71. The van der Waals surface area contributed by atoms with Crippen molar-refractivity contribution in [2.24, 2.45) is 0 Å². The minimum Gasteiger partial charge on any atom is -0.258 e. The van der Waals surface area contributed by atoms with Crippen molar-refractivity contribution < 1.29 is 0 Å². The van der Waals surface area contributed by atoms with Crippen LogP contribution in [0.5, 0.6) is 0 Å². The maximum Gasteiger partial charge on any atom is 0.0100 e. The molecule has 0 amide bonds. The predicted molar refractivity (Wildman–Crippen MR) is 30.6 cm³/mol. The van der Waals surface area contributed by atoms with Gasteiger partial charge in [-0.2, -0.15) is 0 Å². The second-order valence-corrected chi connectivity index (χ2v) is 1.41. The topological polar surface area (TPSA) is 23.8 Å². The molecule has 0 aliphatic carbocycles. The van der Waals surface area contributed by atoms with Crippen LogP contribution in [0.25, 0.3) is 0 Å². The van der Waals surface area contributed by atoms with Gasteiger partial charge in [-0.3, -0.25) is 5.73 Å². The van der Waals surface area contributed by atoms with Gasteiger partial charge in [0.2, 0.25) is 0 Å². The van der Waals surface area contributed by atoms with Crippen LogP contribution in [0.2, 0.25) is 0 Å². The van der Waals surface area contributed by atoms with Crippen LogP contribution >= 0.6 is 0 Å². The van der Waals surface area contributed by atoms with E-state index in [0.29, 0.717) is 6.54 Å². The van der Waals surface area contributed by atoms with Crippen LogP contribution in [-0.2, 0) is 0 Å². The molecule has 0 bridgehead atoms. The first-order valence-electron chi connectivity index (χ1n) is 2.50. The lowest BCUT2D eigenvalue weighted by Gasteiger charge is -1.85. The van der Waals surface area contributed by atoms with Crippen molar-refractivity contribution >= 4 is 0 Å². The Bertz CT molecular complexity index is 61.1. The fraction of sp³-hybridized carbons (Fsp3) is 0.667. The Labute approximate surface area is 44.9 Å². The van der Waals surface area contributed by atoms with Crippen molar-refractivity contribution in [1.29, 1.82) is 0 Å². The van der Waals surface area contributed by atoms with E-state index in [1.807, 2.05) is 0 Å². The fourth-order valence-electron chi connectivity index (χ4n) is 0.352. The molecular weight excluding hydrogens is 86.1 g/mol. The number of unbranched alkanes of at least 4 members (excludes halogenated alkanes) is 2. The van der Waals surface area contributed by atoms with Crippen LogP contribution in [0.4, 0.5) is 0 Å². The largest absolute Gasteiger partial charge is 0.258 e. The Morgan fingerprint density at radius 1 is 1.43 bits per heavy atom. The molecule has 0 saturated heterocycles. The molecule has 7 heavy (non-hydrogen) atoms. The van der Waals surface area contributed by atoms with E-state index in [1.54, 1.807) is 0 Å². The molecule has 0 aliphatic rings. The molecule has 1 N–H and O–H groups in total. The van der Waals surface area contributed by atoms with Crippen LogP contribution in [0, 0.1) is 12.3 Å². The first-order chi connectivity index (χ1) is 3.41. The molecule has 0 aromatic rings. The molecule has 0 heterocycles. The van der Waals surface area contributed by atoms with Crippen LogP contribution in [0.1, 0.15) is 19.3 Å². The smallest absolute Gasteiger partial charge is 0.0100 e. The van der Waals surface area contributed by atoms with Gasteiger partial charge in [-0.15, -0.1) is 12.3 Å². The van der Waals surface area contributed by atoms with E-state index < -0.39 is 0 Å². The summed E-state index contributed by atoms with van der Waals surface area (Å²) in [7, 11) is 0. The first-order valence-corrected chi connectivity index (χ1v) is 2.50. The Balaban J connectivity index is 2.60. The van der Waals surface area contributed by atoms with Gasteiger partial charge in [-0.25, -0.2) is 0 Å². The lowest BCUT2D eigenvalue weighted by molar-refractivity contribution is 0.757. The highest BCUT2D eigenvalue weighted by atomic mass is 14.5. The van der Waals surface area contributed by atoms with Gasteiger partial charge < -0.3 is 0 Å². The predicted octanol–water partition coefficient (Wildman–Crippen LogP) is 1.07. The van der Waals surface area contributed by atoms with Gasteiger partial charge in [0.15, 0.2) is 0 Å². The number of terminal acetylenes is 1. The molecule has 0 aliphatic heterocycles. The van der Waals surface area contributed by atoms with Crippen LogP contribution < -0.4 is 5.73 Å². The SMILES string of the molecule is C#CCCCC[NH]. The van der Waals surface area contributed by atoms with E-state index in [4.69, 9.17) is 12.2 Å². The molecule has 1 heteroatoms. The van der Waals surface area contributed by atoms with Gasteiger partial charge in [0.25, 0.3) is 0 Å². The molecule has 0 rings (SSSR count). The zero-order chi connectivity index (χ0) is 5.54. The summed E-state index contributed by atoms with van der Waals surface area (Å²) in [6, 6.07) is 0. The minimum atomic E-state index is 0.516. The van der Waals surface area contributed by atoms with Gasteiger partial charge in [-0.05, 0) is 12.8 Å². The maximum atomic E-state index is 6.71. The Hall–Kier alpha value is -0.480.